The highest BCUT2D eigenvalue weighted by molar-refractivity contribution is 5.51. The van der Waals surface area contributed by atoms with Crippen LogP contribution in [-0.2, 0) is 6.54 Å². The Balaban J connectivity index is 2.26. The van der Waals surface area contributed by atoms with Gasteiger partial charge in [0.25, 0.3) is 0 Å². The molecule has 0 spiro atoms. The second kappa shape index (κ2) is 5.96. The highest BCUT2D eigenvalue weighted by Crippen LogP contribution is 2.21. The van der Waals surface area contributed by atoms with Gasteiger partial charge in [-0.25, -0.2) is 9.37 Å². The molecule has 6 nitrogen and oxygen atoms in total. The van der Waals surface area contributed by atoms with E-state index < -0.39 is 4.92 Å². The maximum Gasteiger partial charge on any atom is 0.305 e. The molecule has 0 saturated heterocycles. The predicted molar refractivity (Wildman–Crippen MR) is 74.1 cm³/mol. The number of hydrogen-bond acceptors (Lipinski definition) is 5. The van der Waals surface area contributed by atoms with Crippen molar-refractivity contribution in [3.05, 3.63) is 63.6 Å². The topological polar surface area (TPSA) is 83.1 Å². The number of pyridine rings is 1. The van der Waals surface area contributed by atoms with Gasteiger partial charge >= 0.3 is 5.69 Å². The number of nitriles is 1. The lowest BCUT2D eigenvalue weighted by atomic mass is 10.2. The molecule has 0 aliphatic carbocycles. The van der Waals surface area contributed by atoms with Crippen molar-refractivity contribution in [1.29, 1.82) is 5.26 Å². The van der Waals surface area contributed by atoms with Crippen LogP contribution in [0.2, 0.25) is 0 Å². The number of aromatic nitrogens is 1. The molecule has 7 heteroatoms. The quantitative estimate of drug-likeness (QED) is 0.637. The van der Waals surface area contributed by atoms with Crippen LogP contribution >= 0.6 is 0 Å². The second-order valence-electron chi connectivity index (χ2n) is 4.39. The van der Waals surface area contributed by atoms with E-state index in [1.165, 1.54) is 24.3 Å². The van der Waals surface area contributed by atoms with Gasteiger partial charge in [0.2, 0.25) is 5.69 Å². The van der Waals surface area contributed by atoms with Gasteiger partial charge in [-0.1, -0.05) is 12.1 Å². The van der Waals surface area contributed by atoms with Gasteiger partial charge in [0.05, 0.1) is 4.92 Å². The minimum absolute atomic E-state index is 0.247. The summed E-state index contributed by atoms with van der Waals surface area (Å²) in [5.41, 5.74) is 0.153. The summed E-state index contributed by atoms with van der Waals surface area (Å²) in [5.74, 6) is 0.0664. The lowest BCUT2D eigenvalue weighted by Gasteiger charge is -2.18. The van der Waals surface area contributed by atoms with Crippen LogP contribution in [0.5, 0.6) is 0 Å². The molecule has 0 bridgehead atoms. The van der Waals surface area contributed by atoms with Gasteiger partial charge < -0.3 is 4.90 Å². The Labute approximate surface area is 120 Å². The molecule has 0 fully saturated rings. The molecule has 106 valence electrons. The predicted octanol–water partition coefficient (Wildman–Crippen LogP) is 2.64. The van der Waals surface area contributed by atoms with E-state index in [2.05, 4.69) is 4.98 Å². The first-order chi connectivity index (χ1) is 10.0. The van der Waals surface area contributed by atoms with Crippen LogP contribution < -0.4 is 4.90 Å². The van der Waals surface area contributed by atoms with Crippen LogP contribution in [0.4, 0.5) is 15.9 Å². The Morgan fingerprint density at radius 1 is 1.43 bits per heavy atom. The Bertz CT molecular complexity index is 727. The van der Waals surface area contributed by atoms with Crippen LogP contribution in [-0.4, -0.2) is 17.0 Å². The fourth-order valence-electron chi connectivity index (χ4n) is 1.87. The average Bonchev–Trinajstić information content (AvgIpc) is 2.46. The van der Waals surface area contributed by atoms with Crippen LogP contribution in [0.1, 0.15) is 11.3 Å². The number of halogens is 1. The largest absolute Gasteiger partial charge is 0.355 e. The number of nitro groups is 1. The Hall–Kier alpha value is -3.01. The van der Waals surface area contributed by atoms with E-state index in [0.29, 0.717) is 12.4 Å². The molecule has 2 aromatic rings. The SMILES string of the molecule is CN(Cc1cccc(F)c1)c1ccc([N+](=O)[O-])c(C#N)n1. The molecule has 0 saturated carbocycles. The molecule has 0 aliphatic heterocycles. The first kappa shape index (κ1) is 14.4. The maximum absolute atomic E-state index is 13.1. The van der Waals surface area contributed by atoms with Crippen molar-refractivity contribution >= 4 is 11.5 Å². The van der Waals surface area contributed by atoms with Crippen LogP contribution in [0.15, 0.2) is 36.4 Å². The molecule has 0 N–H and O–H groups in total. The van der Waals surface area contributed by atoms with Gasteiger partial charge in [-0.2, -0.15) is 5.26 Å². The summed E-state index contributed by atoms with van der Waals surface area (Å²) in [6.07, 6.45) is 0. The summed E-state index contributed by atoms with van der Waals surface area (Å²) in [5, 5.41) is 19.7. The first-order valence-electron chi connectivity index (χ1n) is 6.02. The highest BCUT2D eigenvalue weighted by Gasteiger charge is 2.17. The summed E-state index contributed by atoms with van der Waals surface area (Å²) in [4.78, 5) is 15.7. The summed E-state index contributed by atoms with van der Waals surface area (Å²) in [7, 11) is 1.71. The fraction of sp³-hybridized carbons (Fsp3) is 0.143. The number of anilines is 1. The lowest BCUT2D eigenvalue weighted by molar-refractivity contribution is -0.385. The molecule has 0 radical (unpaired) electrons. The fourth-order valence-corrected chi connectivity index (χ4v) is 1.87. The van der Waals surface area contributed by atoms with E-state index in [-0.39, 0.29) is 17.2 Å². The van der Waals surface area contributed by atoms with Gasteiger partial charge in [-0.3, -0.25) is 10.1 Å². The monoisotopic (exact) mass is 286 g/mol. The number of benzene rings is 1. The third-order valence-electron chi connectivity index (χ3n) is 2.86. The molecule has 2 rings (SSSR count). The van der Waals surface area contributed by atoms with Gasteiger partial charge in [0.1, 0.15) is 17.7 Å². The molecule has 1 heterocycles. The Morgan fingerprint density at radius 3 is 2.81 bits per heavy atom. The van der Waals surface area contributed by atoms with Crippen molar-refractivity contribution < 1.29 is 9.31 Å². The third-order valence-corrected chi connectivity index (χ3v) is 2.86. The molecule has 0 atom stereocenters. The van der Waals surface area contributed by atoms with E-state index >= 15 is 0 Å². The minimum atomic E-state index is -0.651. The summed E-state index contributed by atoms with van der Waals surface area (Å²) in [6.45, 7) is 0.368. The molecule has 21 heavy (non-hydrogen) atoms. The molecule has 0 aliphatic rings. The van der Waals surface area contributed by atoms with E-state index in [9.17, 15) is 14.5 Å². The third kappa shape index (κ3) is 3.30. The summed E-state index contributed by atoms with van der Waals surface area (Å²) in [6, 6.07) is 10.5. The van der Waals surface area contributed by atoms with Crippen molar-refractivity contribution in [2.75, 3.05) is 11.9 Å². The first-order valence-corrected chi connectivity index (χ1v) is 6.02. The molecule has 0 amide bonds. The Morgan fingerprint density at radius 2 is 2.19 bits per heavy atom. The zero-order chi connectivity index (χ0) is 15.4. The lowest BCUT2D eigenvalue weighted by Crippen LogP contribution is -2.18. The maximum atomic E-state index is 13.1. The van der Waals surface area contributed by atoms with Gasteiger partial charge in [0, 0.05) is 19.7 Å². The second-order valence-corrected chi connectivity index (χ2v) is 4.39. The van der Waals surface area contributed by atoms with Crippen molar-refractivity contribution in [2.45, 2.75) is 6.54 Å². The van der Waals surface area contributed by atoms with Crippen molar-refractivity contribution in [1.82, 2.24) is 4.98 Å². The van der Waals surface area contributed by atoms with Crippen LogP contribution in [0.25, 0.3) is 0 Å². The van der Waals surface area contributed by atoms with E-state index in [0.717, 1.165) is 5.56 Å². The minimum Gasteiger partial charge on any atom is -0.355 e. The highest BCUT2D eigenvalue weighted by atomic mass is 19.1. The molecule has 0 unspecified atom stereocenters. The number of hydrogen-bond donors (Lipinski definition) is 0. The standard InChI is InChI=1S/C14H11FN4O2/c1-18(9-10-3-2-4-11(15)7-10)14-6-5-13(19(20)21)12(8-16)17-14/h2-7H,9H2,1H3. The summed E-state index contributed by atoms with van der Waals surface area (Å²) >= 11 is 0. The molecular formula is C14H11FN4O2. The zero-order valence-electron chi connectivity index (χ0n) is 11.2. The summed E-state index contributed by atoms with van der Waals surface area (Å²) < 4.78 is 13.1. The van der Waals surface area contributed by atoms with Gasteiger partial charge in [-0.15, -0.1) is 0 Å². The van der Waals surface area contributed by atoms with Crippen molar-refractivity contribution in [3.8, 4) is 6.07 Å². The smallest absolute Gasteiger partial charge is 0.305 e. The number of nitrogens with zero attached hydrogens (tertiary/aromatic N) is 4. The molecular weight excluding hydrogens is 275 g/mol. The van der Waals surface area contributed by atoms with Gasteiger partial charge in [-0.05, 0) is 23.8 Å². The number of rotatable bonds is 4. The van der Waals surface area contributed by atoms with Crippen molar-refractivity contribution in [3.63, 3.8) is 0 Å². The van der Waals surface area contributed by atoms with Crippen LogP contribution in [0, 0.1) is 27.3 Å². The van der Waals surface area contributed by atoms with E-state index in [1.807, 2.05) is 0 Å². The molecule has 1 aromatic carbocycles. The van der Waals surface area contributed by atoms with E-state index in [4.69, 9.17) is 5.26 Å². The van der Waals surface area contributed by atoms with Gasteiger partial charge in [0.15, 0.2) is 0 Å². The van der Waals surface area contributed by atoms with Crippen LogP contribution in [0.3, 0.4) is 0 Å². The van der Waals surface area contributed by atoms with Crippen molar-refractivity contribution in [2.24, 2.45) is 0 Å². The molecule has 1 aromatic heterocycles. The van der Waals surface area contributed by atoms with E-state index in [1.54, 1.807) is 30.1 Å². The Kier molecular flexibility index (Phi) is 4.09. The average molecular weight is 286 g/mol. The normalized spacial score (nSPS) is 9.95. The zero-order valence-corrected chi connectivity index (χ0v) is 11.2.